The van der Waals surface area contributed by atoms with E-state index in [2.05, 4.69) is 6.92 Å². The van der Waals surface area contributed by atoms with Crippen LogP contribution in [0.5, 0.6) is 0 Å². The summed E-state index contributed by atoms with van der Waals surface area (Å²) in [7, 11) is 0. The molecule has 0 bridgehead atoms. The van der Waals surface area contributed by atoms with Crippen molar-refractivity contribution in [2.45, 2.75) is 26.3 Å². The van der Waals surface area contributed by atoms with Crippen LogP contribution >= 0.6 is 11.6 Å². The van der Waals surface area contributed by atoms with E-state index in [1.54, 1.807) is 17.9 Å². The molecule has 2 unspecified atom stereocenters. The Bertz CT molecular complexity index is 547. The lowest BCUT2D eigenvalue weighted by molar-refractivity contribution is -0.385. The van der Waals surface area contributed by atoms with Gasteiger partial charge in [-0.15, -0.1) is 11.6 Å². The Balaban J connectivity index is 2.26. The van der Waals surface area contributed by atoms with Crippen LogP contribution in [0.2, 0.25) is 0 Å². The van der Waals surface area contributed by atoms with E-state index >= 15 is 0 Å². The monoisotopic (exact) mass is 296 g/mol. The smallest absolute Gasteiger partial charge is 0.272 e. The highest BCUT2D eigenvalue weighted by Gasteiger charge is 2.34. The fourth-order valence-corrected chi connectivity index (χ4v) is 3.13. The highest BCUT2D eigenvalue weighted by atomic mass is 35.5. The number of aryl methyl sites for hydroxylation is 1. The molecule has 1 aromatic rings. The number of nitro groups is 1. The lowest BCUT2D eigenvalue weighted by Gasteiger charge is -2.25. The maximum Gasteiger partial charge on any atom is 0.272 e. The number of hydrogen-bond acceptors (Lipinski definition) is 3. The number of likely N-dealkylation sites (tertiary alicyclic amines) is 1. The van der Waals surface area contributed by atoms with Crippen LogP contribution in [0.4, 0.5) is 5.69 Å². The summed E-state index contributed by atoms with van der Waals surface area (Å²) >= 11 is 5.94. The SMILES string of the molecule is Cc1cc(C(=O)N2CCC(C)C2CCl)ccc1[N+](=O)[O-]. The molecule has 1 amide bonds. The van der Waals surface area contributed by atoms with Crippen molar-refractivity contribution >= 4 is 23.2 Å². The molecule has 1 saturated heterocycles. The standard InChI is InChI=1S/C14H17ClN2O3/c1-9-5-6-16(13(9)8-15)14(18)11-3-4-12(17(19)20)10(2)7-11/h3-4,7,9,13H,5-6,8H2,1-2H3. The maximum atomic E-state index is 12.5. The van der Waals surface area contributed by atoms with Crippen molar-refractivity contribution in [3.63, 3.8) is 0 Å². The summed E-state index contributed by atoms with van der Waals surface area (Å²) in [6.45, 7) is 4.41. The number of amides is 1. The highest BCUT2D eigenvalue weighted by molar-refractivity contribution is 6.18. The molecule has 1 aliphatic heterocycles. The summed E-state index contributed by atoms with van der Waals surface area (Å²) in [6, 6.07) is 4.52. The second kappa shape index (κ2) is 5.79. The summed E-state index contributed by atoms with van der Waals surface area (Å²) in [6.07, 6.45) is 0.940. The normalized spacial score (nSPS) is 22.1. The molecular formula is C14H17ClN2O3. The predicted molar refractivity (Wildman–Crippen MR) is 77.2 cm³/mol. The van der Waals surface area contributed by atoms with E-state index in [0.717, 1.165) is 6.42 Å². The minimum atomic E-state index is -0.441. The topological polar surface area (TPSA) is 63.5 Å². The van der Waals surface area contributed by atoms with E-state index in [-0.39, 0.29) is 17.6 Å². The zero-order valence-corrected chi connectivity index (χ0v) is 12.3. The van der Waals surface area contributed by atoms with E-state index < -0.39 is 4.92 Å². The molecule has 1 aliphatic rings. The van der Waals surface area contributed by atoms with Crippen LogP contribution in [0.25, 0.3) is 0 Å². The van der Waals surface area contributed by atoms with Crippen LogP contribution in [0.3, 0.4) is 0 Å². The number of rotatable bonds is 3. The lowest BCUT2D eigenvalue weighted by atomic mass is 10.0. The predicted octanol–water partition coefficient (Wildman–Crippen LogP) is 2.99. The molecule has 0 spiro atoms. The fraction of sp³-hybridized carbons (Fsp3) is 0.500. The third-order valence-corrected chi connectivity index (χ3v) is 4.26. The molecule has 0 aromatic heterocycles. The molecule has 1 fully saturated rings. The first kappa shape index (κ1) is 14.8. The first-order valence-corrected chi connectivity index (χ1v) is 7.11. The van der Waals surface area contributed by atoms with Crippen LogP contribution in [0.1, 0.15) is 29.3 Å². The number of carbonyl (C=O) groups is 1. The minimum Gasteiger partial charge on any atom is -0.334 e. The van der Waals surface area contributed by atoms with Gasteiger partial charge in [0.15, 0.2) is 0 Å². The molecule has 1 heterocycles. The highest BCUT2D eigenvalue weighted by Crippen LogP contribution is 2.27. The van der Waals surface area contributed by atoms with Crippen LogP contribution in [-0.2, 0) is 0 Å². The molecule has 108 valence electrons. The number of carbonyl (C=O) groups excluding carboxylic acids is 1. The molecule has 6 heteroatoms. The van der Waals surface area contributed by atoms with E-state index in [9.17, 15) is 14.9 Å². The number of hydrogen-bond donors (Lipinski definition) is 0. The zero-order valence-electron chi connectivity index (χ0n) is 11.5. The van der Waals surface area contributed by atoms with Gasteiger partial charge in [-0.3, -0.25) is 14.9 Å². The minimum absolute atomic E-state index is 0.0326. The molecule has 1 aromatic carbocycles. The van der Waals surface area contributed by atoms with Gasteiger partial charge >= 0.3 is 0 Å². The fourth-order valence-electron chi connectivity index (χ4n) is 2.65. The van der Waals surface area contributed by atoms with Gasteiger partial charge in [0, 0.05) is 35.7 Å². The van der Waals surface area contributed by atoms with Gasteiger partial charge in [-0.25, -0.2) is 0 Å². The number of nitro benzene ring substituents is 1. The Hall–Kier alpha value is -1.62. The van der Waals surface area contributed by atoms with E-state index in [4.69, 9.17) is 11.6 Å². The molecule has 5 nitrogen and oxygen atoms in total. The van der Waals surface area contributed by atoms with Crippen molar-refractivity contribution in [1.82, 2.24) is 4.90 Å². The van der Waals surface area contributed by atoms with Gasteiger partial charge in [0.2, 0.25) is 0 Å². The molecule has 0 radical (unpaired) electrons. The van der Waals surface area contributed by atoms with Gasteiger partial charge < -0.3 is 4.90 Å². The first-order valence-electron chi connectivity index (χ1n) is 6.57. The average Bonchev–Trinajstić information content (AvgIpc) is 2.78. The summed E-state index contributed by atoms with van der Waals surface area (Å²) in [5, 5.41) is 10.8. The maximum absolute atomic E-state index is 12.5. The number of halogens is 1. The molecule has 0 aliphatic carbocycles. The van der Waals surface area contributed by atoms with Crippen LogP contribution in [0.15, 0.2) is 18.2 Å². The largest absolute Gasteiger partial charge is 0.334 e. The van der Waals surface area contributed by atoms with Gasteiger partial charge in [0.05, 0.1) is 4.92 Å². The Labute approximate surface area is 122 Å². The second-order valence-electron chi connectivity index (χ2n) is 5.24. The number of alkyl halides is 1. The van der Waals surface area contributed by atoms with Crippen molar-refractivity contribution in [2.24, 2.45) is 5.92 Å². The van der Waals surface area contributed by atoms with Crippen molar-refractivity contribution < 1.29 is 9.72 Å². The molecule has 20 heavy (non-hydrogen) atoms. The Morgan fingerprint density at radius 2 is 2.25 bits per heavy atom. The van der Waals surface area contributed by atoms with Gasteiger partial charge in [-0.05, 0) is 31.4 Å². The average molecular weight is 297 g/mol. The van der Waals surface area contributed by atoms with Crippen molar-refractivity contribution in [3.05, 3.63) is 39.4 Å². The quantitative estimate of drug-likeness (QED) is 0.489. The molecule has 2 rings (SSSR count). The van der Waals surface area contributed by atoms with Crippen molar-refractivity contribution in [3.8, 4) is 0 Å². The van der Waals surface area contributed by atoms with Crippen LogP contribution in [-0.4, -0.2) is 34.2 Å². The van der Waals surface area contributed by atoms with E-state index in [0.29, 0.717) is 29.5 Å². The van der Waals surface area contributed by atoms with Gasteiger partial charge in [-0.1, -0.05) is 6.92 Å². The van der Waals surface area contributed by atoms with E-state index in [1.807, 2.05) is 0 Å². The molecule has 0 saturated carbocycles. The Kier molecular flexibility index (Phi) is 4.28. The van der Waals surface area contributed by atoms with Crippen molar-refractivity contribution in [1.29, 1.82) is 0 Å². The summed E-state index contributed by atoms with van der Waals surface area (Å²) in [5.74, 6) is 0.701. The third-order valence-electron chi connectivity index (χ3n) is 3.94. The van der Waals surface area contributed by atoms with Gasteiger partial charge in [0.1, 0.15) is 0 Å². The molecule has 2 atom stereocenters. The summed E-state index contributed by atoms with van der Waals surface area (Å²) in [4.78, 5) is 24.6. The molecule has 0 N–H and O–H groups in total. The summed E-state index contributed by atoms with van der Waals surface area (Å²) in [5.41, 5.74) is 1.01. The first-order chi connectivity index (χ1) is 9.45. The molecular weight excluding hydrogens is 280 g/mol. The number of nitrogens with zero attached hydrogens (tertiary/aromatic N) is 2. The number of benzene rings is 1. The zero-order chi connectivity index (χ0) is 14.9. The van der Waals surface area contributed by atoms with Gasteiger partial charge in [0.25, 0.3) is 11.6 Å². The Morgan fingerprint density at radius 3 is 2.80 bits per heavy atom. The van der Waals surface area contributed by atoms with Crippen LogP contribution < -0.4 is 0 Å². The van der Waals surface area contributed by atoms with E-state index in [1.165, 1.54) is 12.1 Å². The van der Waals surface area contributed by atoms with Crippen molar-refractivity contribution in [2.75, 3.05) is 12.4 Å². The second-order valence-corrected chi connectivity index (χ2v) is 5.55. The Morgan fingerprint density at radius 1 is 1.55 bits per heavy atom. The van der Waals surface area contributed by atoms with Gasteiger partial charge in [-0.2, -0.15) is 0 Å². The summed E-state index contributed by atoms with van der Waals surface area (Å²) < 4.78 is 0. The third kappa shape index (κ3) is 2.63. The van der Waals surface area contributed by atoms with Crippen LogP contribution in [0, 0.1) is 23.0 Å². The lowest BCUT2D eigenvalue weighted by Crippen LogP contribution is -2.38.